The van der Waals surface area contributed by atoms with Crippen molar-refractivity contribution in [2.75, 3.05) is 11.9 Å². The Morgan fingerprint density at radius 1 is 1.50 bits per heavy atom. The summed E-state index contributed by atoms with van der Waals surface area (Å²) < 4.78 is 1.67. The summed E-state index contributed by atoms with van der Waals surface area (Å²) in [7, 11) is 1.82. The number of aromatic nitrogens is 2. The van der Waals surface area contributed by atoms with Crippen molar-refractivity contribution in [2.24, 2.45) is 12.5 Å². The van der Waals surface area contributed by atoms with Gasteiger partial charge in [0, 0.05) is 25.1 Å². The molecule has 4 nitrogen and oxygen atoms in total. The van der Waals surface area contributed by atoms with E-state index >= 15 is 0 Å². The third-order valence-electron chi connectivity index (χ3n) is 3.67. The van der Waals surface area contributed by atoms with Crippen LogP contribution in [0, 0.1) is 12.3 Å². The number of carbonyl (C=O) groups excluding carboxylic acids is 1. The van der Waals surface area contributed by atoms with Gasteiger partial charge in [0.05, 0.1) is 11.3 Å². The average molecular weight is 316 g/mol. The molecule has 1 aromatic heterocycles. The zero-order valence-electron chi connectivity index (χ0n) is 11.6. The number of hydrogen-bond acceptors (Lipinski definition) is 2. The summed E-state index contributed by atoms with van der Waals surface area (Å²) in [5.41, 5.74) is 1.58. The van der Waals surface area contributed by atoms with Crippen LogP contribution in [0.2, 0.25) is 0 Å². The monoisotopic (exact) mass is 315 g/mol. The maximum Gasteiger partial charge on any atom is 0.254 e. The van der Waals surface area contributed by atoms with E-state index in [0.717, 1.165) is 23.9 Å². The standard InChI is InChI=1S/C13H22BrN3O/c1-5-13(6-2,8-14)9-15-12(18)11-7-17(4)16-10(11)3/h7H,5-6,8-9H2,1-4H3,(H,15,18). The van der Waals surface area contributed by atoms with Gasteiger partial charge in [0.1, 0.15) is 0 Å². The van der Waals surface area contributed by atoms with Crippen molar-refractivity contribution in [3.63, 3.8) is 0 Å². The molecule has 0 bridgehead atoms. The Balaban J connectivity index is 2.69. The molecule has 0 saturated heterocycles. The van der Waals surface area contributed by atoms with Gasteiger partial charge in [-0.25, -0.2) is 0 Å². The van der Waals surface area contributed by atoms with Gasteiger partial charge in [-0.1, -0.05) is 29.8 Å². The number of rotatable bonds is 6. The van der Waals surface area contributed by atoms with Gasteiger partial charge in [0.25, 0.3) is 5.91 Å². The van der Waals surface area contributed by atoms with Crippen molar-refractivity contribution in [3.05, 3.63) is 17.5 Å². The van der Waals surface area contributed by atoms with Gasteiger partial charge in [0.2, 0.25) is 0 Å². The zero-order chi connectivity index (χ0) is 13.8. The van der Waals surface area contributed by atoms with Crippen LogP contribution >= 0.6 is 15.9 Å². The molecule has 1 rings (SSSR count). The number of hydrogen-bond donors (Lipinski definition) is 1. The van der Waals surface area contributed by atoms with Gasteiger partial charge in [0.15, 0.2) is 0 Å². The highest BCUT2D eigenvalue weighted by Crippen LogP contribution is 2.27. The Labute approximate surface area is 117 Å². The highest BCUT2D eigenvalue weighted by atomic mass is 79.9. The lowest BCUT2D eigenvalue weighted by atomic mass is 9.84. The Kier molecular flexibility index (Phi) is 5.38. The van der Waals surface area contributed by atoms with E-state index in [-0.39, 0.29) is 11.3 Å². The summed E-state index contributed by atoms with van der Waals surface area (Å²) in [5.74, 6) is -0.0344. The number of nitrogens with zero attached hydrogens (tertiary/aromatic N) is 2. The van der Waals surface area contributed by atoms with Crippen LogP contribution in [0.3, 0.4) is 0 Å². The Hall–Kier alpha value is -0.840. The lowest BCUT2D eigenvalue weighted by molar-refractivity contribution is 0.0931. The van der Waals surface area contributed by atoms with Crippen molar-refractivity contribution >= 4 is 21.8 Å². The molecule has 0 unspecified atom stereocenters. The van der Waals surface area contributed by atoms with Gasteiger partial charge in [-0.15, -0.1) is 0 Å². The Morgan fingerprint density at radius 2 is 2.11 bits per heavy atom. The summed E-state index contributed by atoms with van der Waals surface area (Å²) in [6, 6.07) is 0. The first-order valence-corrected chi connectivity index (χ1v) is 7.44. The lowest BCUT2D eigenvalue weighted by Gasteiger charge is -2.29. The van der Waals surface area contributed by atoms with E-state index in [1.54, 1.807) is 10.9 Å². The number of aryl methyl sites for hydroxylation is 2. The van der Waals surface area contributed by atoms with Crippen LogP contribution in [0.4, 0.5) is 0 Å². The maximum absolute atomic E-state index is 12.1. The smallest absolute Gasteiger partial charge is 0.254 e. The first kappa shape index (κ1) is 15.2. The molecular weight excluding hydrogens is 294 g/mol. The molecule has 0 spiro atoms. The molecule has 0 saturated carbocycles. The second-order valence-electron chi connectivity index (χ2n) is 4.83. The van der Waals surface area contributed by atoms with E-state index in [0.29, 0.717) is 12.1 Å². The third kappa shape index (κ3) is 3.34. The predicted molar refractivity (Wildman–Crippen MR) is 77.1 cm³/mol. The van der Waals surface area contributed by atoms with Crippen molar-refractivity contribution in [1.29, 1.82) is 0 Å². The van der Waals surface area contributed by atoms with Crippen molar-refractivity contribution in [2.45, 2.75) is 33.6 Å². The number of alkyl halides is 1. The molecule has 0 aromatic carbocycles. The summed E-state index contributed by atoms with van der Waals surface area (Å²) >= 11 is 3.55. The van der Waals surface area contributed by atoms with Gasteiger partial charge < -0.3 is 5.32 Å². The molecule has 0 aliphatic rings. The fourth-order valence-electron chi connectivity index (χ4n) is 1.92. The number of amides is 1. The average Bonchev–Trinajstić information content (AvgIpc) is 2.70. The molecule has 1 N–H and O–H groups in total. The minimum Gasteiger partial charge on any atom is -0.351 e. The topological polar surface area (TPSA) is 46.9 Å². The first-order chi connectivity index (χ1) is 8.48. The highest BCUT2D eigenvalue weighted by molar-refractivity contribution is 9.09. The number of halogens is 1. The molecule has 0 fully saturated rings. The van der Waals surface area contributed by atoms with E-state index in [1.807, 2.05) is 14.0 Å². The maximum atomic E-state index is 12.1. The summed E-state index contributed by atoms with van der Waals surface area (Å²) in [5, 5.41) is 8.11. The first-order valence-electron chi connectivity index (χ1n) is 6.32. The fraction of sp³-hybridized carbons (Fsp3) is 0.692. The SMILES string of the molecule is CCC(CC)(CBr)CNC(=O)c1cn(C)nc1C. The fourth-order valence-corrected chi connectivity index (χ4v) is 2.91. The molecule has 0 radical (unpaired) electrons. The molecule has 0 atom stereocenters. The molecule has 1 aromatic rings. The lowest BCUT2D eigenvalue weighted by Crippen LogP contribution is -2.38. The number of carbonyl (C=O) groups is 1. The molecule has 1 heterocycles. The molecule has 102 valence electrons. The summed E-state index contributed by atoms with van der Waals surface area (Å²) in [6.07, 6.45) is 3.85. The Bertz CT molecular complexity index is 402. The van der Waals surface area contributed by atoms with Crippen LogP contribution in [-0.4, -0.2) is 27.6 Å². The van der Waals surface area contributed by atoms with Crippen LogP contribution in [0.25, 0.3) is 0 Å². The van der Waals surface area contributed by atoms with Crippen molar-refractivity contribution in [1.82, 2.24) is 15.1 Å². The molecule has 1 amide bonds. The van der Waals surface area contributed by atoms with Crippen LogP contribution in [0.5, 0.6) is 0 Å². The van der Waals surface area contributed by atoms with Gasteiger partial charge in [-0.05, 0) is 25.2 Å². The number of nitrogens with one attached hydrogen (secondary N) is 1. The van der Waals surface area contributed by atoms with E-state index in [2.05, 4.69) is 40.2 Å². The summed E-state index contributed by atoms with van der Waals surface area (Å²) in [4.78, 5) is 12.1. The zero-order valence-corrected chi connectivity index (χ0v) is 13.2. The molecule has 0 aliphatic carbocycles. The van der Waals surface area contributed by atoms with E-state index < -0.39 is 0 Å². The van der Waals surface area contributed by atoms with E-state index in [9.17, 15) is 4.79 Å². The Morgan fingerprint density at radius 3 is 2.50 bits per heavy atom. The molecule has 0 aliphatic heterocycles. The van der Waals surface area contributed by atoms with Gasteiger partial charge in [-0.2, -0.15) is 5.10 Å². The van der Waals surface area contributed by atoms with Gasteiger partial charge in [-0.3, -0.25) is 9.48 Å². The predicted octanol–water partition coefficient (Wildman–Crippen LogP) is 2.66. The van der Waals surface area contributed by atoms with Crippen molar-refractivity contribution < 1.29 is 4.79 Å². The van der Waals surface area contributed by atoms with Crippen LogP contribution in [0.15, 0.2) is 6.20 Å². The van der Waals surface area contributed by atoms with Crippen LogP contribution in [-0.2, 0) is 7.05 Å². The van der Waals surface area contributed by atoms with E-state index in [1.165, 1.54) is 0 Å². The second-order valence-corrected chi connectivity index (χ2v) is 5.39. The largest absolute Gasteiger partial charge is 0.351 e. The molecular formula is C13H22BrN3O. The third-order valence-corrected chi connectivity index (χ3v) is 4.85. The minimum absolute atomic E-state index is 0.0344. The molecule has 18 heavy (non-hydrogen) atoms. The minimum atomic E-state index is -0.0344. The quantitative estimate of drug-likeness (QED) is 0.820. The van der Waals surface area contributed by atoms with Gasteiger partial charge >= 0.3 is 0 Å². The summed E-state index contributed by atoms with van der Waals surface area (Å²) in [6.45, 7) is 6.86. The van der Waals surface area contributed by atoms with E-state index in [4.69, 9.17) is 0 Å². The second kappa shape index (κ2) is 6.36. The van der Waals surface area contributed by atoms with Crippen molar-refractivity contribution in [3.8, 4) is 0 Å². The normalized spacial score (nSPS) is 11.6. The van der Waals surface area contributed by atoms with Crippen LogP contribution < -0.4 is 5.32 Å². The molecule has 5 heteroatoms. The van der Waals surface area contributed by atoms with Crippen LogP contribution in [0.1, 0.15) is 42.7 Å². The highest BCUT2D eigenvalue weighted by Gasteiger charge is 2.26.